The van der Waals surface area contributed by atoms with Crippen molar-refractivity contribution in [1.29, 1.82) is 0 Å². The fourth-order valence-electron chi connectivity index (χ4n) is 2.49. The van der Waals surface area contributed by atoms with Crippen molar-refractivity contribution < 1.29 is 9.59 Å². The highest BCUT2D eigenvalue weighted by atomic mass is 16.2. The molecule has 0 unspecified atom stereocenters. The predicted molar refractivity (Wildman–Crippen MR) is 80.9 cm³/mol. The molecule has 4 heteroatoms. The van der Waals surface area contributed by atoms with E-state index in [-0.39, 0.29) is 29.2 Å². The first kappa shape index (κ1) is 16.7. The average Bonchev–Trinajstić information content (AvgIpc) is 2.38. The maximum Gasteiger partial charge on any atom is 0.258 e. The number of nitrogens with one attached hydrogen (secondary N) is 1. The zero-order chi connectivity index (χ0) is 15.7. The number of nitrogens with zero attached hydrogens (tertiary/aromatic N) is 1. The number of imide groups is 1. The lowest BCUT2D eigenvalue weighted by Gasteiger charge is -2.32. The van der Waals surface area contributed by atoms with Gasteiger partial charge in [-0.3, -0.25) is 14.5 Å². The summed E-state index contributed by atoms with van der Waals surface area (Å²) < 4.78 is 0. The Balaban J connectivity index is 3.44. The third-order valence-corrected chi connectivity index (χ3v) is 3.37. The molecule has 1 heterocycles. The second-order valence-electron chi connectivity index (χ2n) is 7.45. The summed E-state index contributed by atoms with van der Waals surface area (Å²) in [6.45, 7) is 14.9. The van der Waals surface area contributed by atoms with Crippen LogP contribution in [0.5, 0.6) is 0 Å². The van der Waals surface area contributed by atoms with Gasteiger partial charge in [0.2, 0.25) is 5.91 Å². The first-order chi connectivity index (χ1) is 9.00. The lowest BCUT2D eigenvalue weighted by atomic mass is 9.78. The Kier molecular flexibility index (Phi) is 4.67. The topological polar surface area (TPSA) is 49.4 Å². The van der Waals surface area contributed by atoms with Crippen LogP contribution in [0.25, 0.3) is 0 Å². The lowest BCUT2D eigenvalue weighted by Crippen LogP contribution is -2.41. The highest BCUT2D eigenvalue weighted by Crippen LogP contribution is 2.37. The van der Waals surface area contributed by atoms with Gasteiger partial charge in [-0.1, -0.05) is 48.5 Å². The molecule has 0 saturated carbocycles. The van der Waals surface area contributed by atoms with E-state index in [1.165, 1.54) is 4.90 Å². The van der Waals surface area contributed by atoms with E-state index in [0.717, 1.165) is 17.7 Å². The molecule has 0 aromatic carbocycles. The molecule has 0 aromatic heterocycles. The zero-order valence-corrected chi connectivity index (χ0v) is 13.9. The fourth-order valence-corrected chi connectivity index (χ4v) is 2.49. The molecule has 0 bridgehead atoms. The number of rotatable bonds is 2. The van der Waals surface area contributed by atoms with Crippen molar-refractivity contribution >= 4 is 11.8 Å². The molecule has 0 aromatic rings. The van der Waals surface area contributed by atoms with E-state index in [1.54, 1.807) is 0 Å². The highest BCUT2D eigenvalue weighted by molar-refractivity contribution is 6.07. The lowest BCUT2D eigenvalue weighted by molar-refractivity contribution is -0.141. The van der Waals surface area contributed by atoms with Crippen LogP contribution in [0.15, 0.2) is 11.3 Å². The molecule has 0 saturated heterocycles. The van der Waals surface area contributed by atoms with E-state index in [9.17, 15) is 9.59 Å². The van der Waals surface area contributed by atoms with Crippen molar-refractivity contribution in [3.63, 3.8) is 0 Å². The van der Waals surface area contributed by atoms with E-state index in [1.807, 2.05) is 27.7 Å². The Morgan fingerprint density at radius 1 is 1.05 bits per heavy atom. The van der Waals surface area contributed by atoms with Gasteiger partial charge in [0, 0.05) is 23.2 Å². The average molecular weight is 280 g/mol. The van der Waals surface area contributed by atoms with E-state index in [0.29, 0.717) is 6.54 Å². The van der Waals surface area contributed by atoms with Gasteiger partial charge in [0.25, 0.3) is 5.91 Å². The second-order valence-corrected chi connectivity index (χ2v) is 7.45. The largest absolute Gasteiger partial charge is 0.379 e. The van der Waals surface area contributed by atoms with Gasteiger partial charge in [-0.05, 0) is 11.8 Å². The van der Waals surface area contributed by atoms with Crippen molar-refractivity contribution in [2.24, 2.45) is 10.8 Å². The molecule has 2 amide bonds. The van der Waals surface area contributed by atoms with Gasteiger partial charge in [-0.25, -0.2) is 0 Å². The van der Waals surface area contributed by atoms with Crippen LogP contribution in [0.3, 0.4) is 0 Å². The number of hydrogen-bond acceptors (Lipinski definition) is 3. The summed E-state index contributed by atoms with van der Waals surface area (Å²) in [6, 6.07) is 0. The number of hydrogen-bond donors (Lipinski definition) is 1. The van der Waals surface area contributed by atoms with Crippen LogP contribution in [0.2, 0.25) is 0 Å². The molecule has 0 aliphatic carbocycles. The summed E-state index contributed by atoms with van der Waals surface area (Å²) in [5, 5.41) is 3.21. The standard InChI is InChI=1S/C16H28N2O2/c1-8-9-18-11(19)10-17-13(16(5,6)7)12(14(18)20)15(2,3)4/h17H,8-10H2,1-7H3. The normalized spacial score (nSPS) is 18.2. The van der Waals surface area contributed by atoms with Gasteiger partial charge in [0.05, 0.1) is 6.54 Å². The van der Waals surface area contributed by atoms with Gasteiger partial charge in [0.1, 0.15) is 0 Å². The van der Waals surface area contributed by atoms with Crippen LogP contribution in [0.1, 0.15) is 54.9 Å². The van der Waals surface area contributed by atoms with E-state index in [2.05, 4.69) is 26.1 Å². The van der Waals surface area contributed by atoms with E-state index >= 15 is 0 Å². The summed E-state index contributed by atoms with van der Waals surface area (Å²) in [5.41, 5.74) is 1.12. The molecule has 4 nitrogen and oxygen atoms in total. The Morgan fingerprint density at radius 3 is 2.00 bits per heavy atom. The van der Waals surface area contributed by atoms with Gasteiger partial charge < -0.3 is 5.32 Å². The molecule has 0 fully saturated rings. The van der Waals surface area contributed by atoms with Crippen molar-refractivity contribution in [1.82, 2.24) is 10.2 Å². The zero-order valence-electron chi connectivity index (χ0n) is 13.9. The van der Waals surface area contributed by atoms with Crippen molar-refractivity contribution in [2.45, 2.75) is 54.9 Å². The molecule has 0 radical (unpaired) electrons. The molecule has 0 spiro atoms. The Morgan fingerprint density at radius 2 is 1.60 bits per heavy atom. The molecule has 1 aliphatic heterocycles. The van der Waals surface area contributed by atoms with Gasteiger partial charge in [0.15, 0.2) is 0 Å². The molecule has 1 aliphatic rings. The summed E-state index contributed by atoms with van der Waals surface area (Å²) in [5.74, 6) is -0.280. The van der Waals surface area contributed by atoms with Crippen LogP contribution in [-0.2, 0) is 9.59 Å². The number of allylic oxidation sites excluding steroid dienone is 1. The maximum atomic E-state index is 12.9. The summed E-state index contributed by atoms with van der Waals surface area (Å²) in [4.78, 5) is 26.4. The Hall–Kier alpha value is -1.32. The van der Waals surface area contributed by atoms with Crippen LogP contribution in [0.4, 0.5) is 0 Å². The minimum atomic E-state index is -0.302. The smallest absolute Gasteiger partial charge is 0.258 e. The van der Waals surface area contributed by atoms with E-state index < -0.39 is 0 Å². The molecule has 1 rings (SSSR count). The third-order valence-electron chi connectivity index (χ3n) is 3.37. The van der Waals surface area contributed by atoms with E-state index in [4.69, 9.17) is 0 Å². The SMILES string of the molecule is CCCN1C(=O)CNC(C(C)(C)C)=C(C(C)(C)C)C1=O. The van der Waals surface area contributed by atoms with Gasteiger partial charge >= 0.3 is 0 Å². The Labute approximate surface area is 122 Å². The van der Waals surface area contributed by atoms with Crippen LogP contribution in [0, 0.1) is 10.8 Å². The summed E-state index contributed by atoms with van der Waals surface area (Å²) in [6.07, 6.45) is 0.778. The number of carbonyl (C=O) groups excluding carboxylic acids is 2. The summed E-state index contributed by atoms with van der Waals surface area (Å²) >= 11 is 0. The monoisotopic (exact) mass is 280 g/mol. The maximum absolute atomic E-state index is 12.9. The fraction of sp³-hybridized carbons (Fsp3) is 0.750. The van der Waals surface area contributed by atoms with Crippen molar-refractivity contribution in [2.75, 3.05) is 13.1 Å². The molecule has 0 atom stereocenters. The number of carbonyl (C=O) groups is 2. The van der Waals surface area contributed by atoms with Crippen LogP contribution in [-0.4, -0.2) is 29.8 Å². The summed E-state index contributed by atoms with van der Waals surface area (Å²) in [7, 11) is 0. The first-order valence-corrected chi connectivity index (χ1v) is 7.34. The highest BCUT2D eigenvalue weighted by Gasteiger charge is 2.38. The first-order valence-electron chi connectivity index (χ1n) is 7.34. The second kappa shape index (κ2) is 5.58. The number of amides is 2. The minimum Gasteiger partial charge on any atom is -0.379 e. The Bertz CT molecular complexity index is 436. The van der Waals surface area contributed by atoms with Crippen molar-refractivity contribution in [3.8, 4) is 0 Å². The molecular formula is C16H28N2O2. The molecular weight excluding hydrogens is 252 g/mol. The van der Waals surface area contributed by atoms with Gasteiger partial charge in [-0.2, -0.15) is 0 Å². The molecule has 20 heavy (non-hydrogen) atoms. The van der Waals surface area contributed by atoms with Crippen LogP contribution < -0.4 is 5.32 Å². The quantitative estimate of drug-likeness (QED) is 0.791. The molecule has 114 valence electrons. The predicted octanol–water partition coefficient (Wildman–Crippen LogP) is 2.70. The van der Waals surface area contributed by atoms with Crippen molar-refractivity contribution in [3.05, 3.63) is 11.3 Å². The molecule has 1 N–H and O–H groups in total. The van der Waals surface area contributed by atoms with Crippen LogP contribution >= 0.6 is 0 Å². The van der Waals surface area contributed by atoms with Gasteiger partial charge in [-0.15, -0.1) is 0 Å². The third kappa shape index (κ3) is 3.41. The minimum absolute atomic E-state index is 0.140.